The normalized spacial score (nSPS) is 15.6. The molecule has 16 heavy (non-hydrogen) atoms. The summed E-state index contributed by atoms with van der Waals surface area (Å²) in [6.07, 6.45) is 0.969. The Morgan fingerprint density at radius 2 is 2.00 bits per heavy atom. The molecule has 2 rings (SSSR count). The minimum atomic E-state index is -0.0113. The molecule has 0 aliphatic carbocycles. The number of fused-ring (bicyclic) bond motifs is 1. The molecule has 0 bridgehead atoms. The van der Waals surface area contributed by atoms with Gasteiger partial charge in [0.1, 0.15) is 0 Å². The molecular weight excluding hydrogens is 202 g/mol. The summed E-state index contributed by atoms with van der Waals surface area (Å²) in [5.41, 5.74) is 7.51. The highest BCUT2D eigenvalue weighted by Gasteiger charge is 2.21. The van der Waals surface area contributed by atoms with E-state index < -0.39 is 0 Å². The number of hydrogen-bond acceptors (Lipinski definition) is 3. The van der Waals surface area contributed by atoms with Crippen LogP contribution in [0.5, 0.6) is 0 Å². The molecule has 4 heteroatoms. The van der Waals surface area contributed by atoms with E-state index in [9.17, 15) is 4.79 Å². The molecule has 0 saturated heterocycles. The predicted octanol–water partition coefficient (Wildman–Crippen LogP) is 0.818. The number of nitrogens with zero attached hydrogens (tertiary/aromatic N) is 2. The molecule has 1 aromatic rings. The Morgan fingerprint density at radius 3 is 2.69 bits per heavy atom. The Balaban J connectivity index is 2.42. The summed E-state index contributed by atoms with van der Waals surface area (Å²) < 4.78 is 0. The van der Waals surface area contributed by atoms with Crippen molar-refractivity contribution in [3.05, 3.63) is 24.3 Å². The summed E-state index contributed by atoms with van der Waals surface area (Å²) in [7, 11) is 2.05. The first-order chi connectivity index (χ1) is 7.74. The van der Waals surface area contributed by atoms with Gasteiger partial charge in [-0.3, -0.25) is 4.79 Å². The van der Waals surface area contributed by atoms with E-state index in [0.29, 0.717) is 0 Å². The van der Waals surface area contributed by atoms with Gasteiger partial charge in [-0.05, 0) is 18.6 Å². The molecule has 0 saturated carbocycles. The fourth-order valence-corrected chi connectivity index (χ4v) is 2.09. The molecule has 0 atom stereocenters. The van der Waals surface area contributed by atoms with Gasteiger partial charge in [-0.1, -0.05) is 12.1 Å². The monoisotopic (exact) mass is 219 g/mol. The van der Waals surface area contributed by atoms with Gasteiger partial charge in [0.25, 0.3) is 0 Å². The smallest absolute Gasteiger partial charge is 0.240 e. The Morgan fingerprint density at radius 1 is 1.31 bits per heavy atom. The van der Waals surface area contributed by atoms with Gasteiger partial charge in [0, 0.05) is 20.1 Å². The van der Waals surface area contributed by atoms with E-state index in [1.165, 1.54) is 0 Å². The molecule has 0 unspecified atom stereocenters. The standard InChI is InChI=1S/C12H17N3O/c1-14-7-4-8-15(12(16)9-13)11-6-3-2-5-10(11)14/h2-3,5-6H,4,7-9,13H2,1H3. The van der Waals surface area contributed by atoms with E-state index in [4.69, 9.17) is 5.73 Å². The lowest BCUT2D eigenvalue weighted by molar-refractivity contribution is -0.117. The lowest BCUT2D eigenvalue weighted by Gasteiger charge is -2.23. The zero-order valence-electron chi connectivity index (χ0n) is 9.52. The van der Waals surface area contributed by atoms with Crippen molar-refractivity contribution in [2.24, 2.45) is 5.73 Å². The van der Waals surface area contributed by atoms with Crippen LogP contribution in [0.25, 0.3) is 0 Å². The fraction of sp³-hybridized carbons (Fsp3) is 0.417. The first kappa shape index (κ1) is 11.0. The summed E-state index contributed by atoms with van der Waals surface area (Å²) in [5, 5.41) is 0. The van der Waals surface area contributed by atoms with E-state index in [1.807, 2.05) is 24.3 Å². The predicted molar refractivity (Wildman–Crippen MR) is 65.7 cm³/mol. The lowest BCUT2D eigenvalue weighted by atomic mass is 10.2. The molecule has 0 spiro atoms. The second-order valence-electron chi connectivity index (χ2n) is 4.01. The second-order valence-corrected chi connectivity index (χ2v) is 4.01. The Labute approximate surface area is 95.6 Å². The van der Waals surface area contributed by atoms with Crippen LogP contribution < -0.4 is 15.5 Å². The largest absolute Gasteiger partial charge is 0.373 e. The molecule has 1 aliphatic rings. The van der Waals surface area contributed by atoms with Crippen LogP contribution in [-0.4, -0.2) is 32.6 Å². The van der Waals surface area contributed by atoms with Crippen LogP contribution in [0.15, 0.2) is 24.3 Å². The maximum atomic E-state index is 11.8. The Kier molecular flexibility index (Phi) is 3.10. The van der Waals surface area contributed by atoms with Gasteiger partial charge in [0.2, 0.25) is 5.91 Å². The van der Waals surface area contributed by atoms with Gasteiger partial charge in [-0.15, -0.1) is 0 Å². The fourth-order valence-electron chi connectivity index (χ4n) is 2.09. The van der Waals surface area contributed by atoms with Gasteiger partial charge in [0.15, 0.2) is 0 Å². The molecule has 0 radical (unpaired) electrons. The quantitative estimate of drug-likeness (QED) is 0.760. The van der Waals surface area contributed by atoms with E-state index in [1.54, 1.807) is 4.90 Å². The summed E-state index contributed by atoms with van der Waals surface area (Å²) >= 11 is 0. The number of carbonyl (C=O) groups is 1. The highest BCUT2D eigenvalue weighted by atomic mass is 16.2. The minimum Gasteiger partial charge on any atom is -0.373 e. The number of amides is 1. The van der Waals surface area contributed by atoms with Crippen LogP contribution in [0.4, 0.5) is 11.4 Å². The maximum Gasteiger partial charge on any atom is 0.240 e. The highest BCUT2D eigenvalue weighted by molar-refractivity contribution is 5.98. The highest BCUT2D eigenvalue weighted by Crippen LogP contribution is 2.30. The molecular formula is C12H17N3O. The average molecular weight is 219 g/mol. The third-order valence-corrected chi connectivity index (χ3v) is 2.93. The molecule has 0 aromatic heterocycles. The van der Waals surface area contributed by atoms with E-state index in [2.05, 4.69) is 11.9 Å². The second kappa shape index (κ2) is 4.53. The van der Waals surface area contributed by atoms with Crippen molar-refractivity contribution in [1.82, 2.24) is 0 Å². The van der Waals surface area contributed by atoms with Crippen molar-refractivity contribution >= 4 is 17.3 Å². The van der Waals surface area contributed by atoms with Crippen LogP contribution in [0.1, 0.15) is 6.42 Å². The van der Waals surface area contributed by atoms with Crippen molar-refractivity contribution in [3.63, 3.8) is 0 Å². The number of hydrogen-bond donors (Lipinski definition) is 1. The van der Waals surface area contributed by atoms with Crippen LogP contribution in [0.3, 0.4) is 0 Å². The topological polar surface area (TPSA) is 49.6 Å². The van der Waals surface area contributed by atoms with Gasteiger partial charge in [-0.25, -0.2) is 0 Å². The summed E-state index contributed by atoms with van der Waals surface area (Å²) in [6.45, 7) is 1.78. The van der Waals surface area contributed by atoms with Crippen LogP contribution in [-0.2, 0) is 4.79 Å². The van der Waals surface area contributed by atoms with Gasteiger partial charge in [-0.2, -0.15) is 0 Å². The number of rotatable bonds is 1. The van der Waals surface area contributed by atoms with Crippen molar-refractivity contribution in [2.45, 2.75) is 6.42 Å². The molecule has 4 nitrogen and oxygen atoms in total. The Bertz CT molecular complexity index is 392. The molecule has 86 valence electrons. The van der Waals surface area contributed by atoms with Crippen LogP contribution in [0, 0.1) is 0 Å². The lowest BCUT2D eigenvalue weighted by Crippen LogP contribution is -2.36. The van der Waals surface area contributed by atoms with Crippen molar-refractivity contribution in [1.29, 1.82) is 0 Å². The number of benzene rings is 1. The third-order valence-electron chi connectivity index (χ3n) is 2.93. The first-order valence-corrected chi connectivity index (χ1v) is 5.54. The number of anilines is 2. The molecule has 2 N–H and O–H groups in total. The third kappa shape index (κ3) is 1.88. The summed E-state index contributed by atoms with van der Waals surface area (Å²) in [5.74, 6) is -0.0113. The SMILES string of the molecule is CN1CCCN(C(=O)CN)c2ccccc21. The molecule has 0 fully saturated rings. The van der Waals surface area contributed by atoms with Gasteiger partial charge < -0.3 is 15.5 Å². The van der Waals surface area contributed by atoms with Crippen LogP contribution in [0.2, 0.25) is 0 Å². The zero-order chi connectivity index (χ0) is 11.5. The van der Waals surface area contributed by atoms with Gasteiger partial charge >= 0.3 is 0 Å². The average Bonchev–Trinajstić information content (AvgIpc) is 2.49. The number of para-hydroxylation sites is 2. The summed E-state index contributed by atoms with van der Waals surface area (Å²) in [6, 6.07) is 7.96. The van der Waals surface area contributed by atoms with Crippen molar-refractivity contribution in [2.75, 3.05) is 36.5 Å². The molecule has 1 aromatic carbocycles. The van der Waals surface area contributed by atoms with E-state index in [-0.39, 0.29) is 12.5 Å². The molecule has 1 amide bonds. The maximum absolute atomic E-state index is 11.8. The van der Waals surface area contributed by atoms with Gasteiger partial charge in [0.05, 0.1) is 17.9 Å². The summed E-state index contributed by atoms with van der Waals surface area (Å²) in [4.78, 5) is 15.7. The van der Waals surface area contributed by atoms with Crippen LogP contribution >= 0.6 is 0 Å². The van der Waals surface area contributed by atoms with Crippen molar-refractivity contribution < 1.29 is 4.79 Å². The van der Waals surface area contributed by atoms with Crippen molar-refractivity contribution in [3.8, 4) is 0 Å². The number of nitrogens with two attached hydrogens (primary N) is 1. The number of carbonyl (C=O) groups excluding carboxylic acids is 1. The first-order valence-electron chi connectivity index (χ1n) is 5.54. The molecule has 1 heterocycles. The zero-order valence-corrected chi connectivity index (χ0v) is 9.52. The Hall–Kier alpha value is -1.55. The van der Waals surface area contributed by atoms with E-state index in [0.717, 1.165) is 30.9 Å². The minimum absolute atomic E-state index is 0.0113. The molecule has 1 aliphatic heterocycles. The van der Waals surface area contributed by atoms with E-state index >= 15 is 0 Å².